The molecule has 0 unspecified atom stereocenters. The quantitative estimate of drug-likeness (QED) is 0.816. The molecule has 1 heterocycles. The Balaban J connectivity index is 2.44. The number of rotatable bonds is 3. The van der Waals surface area contributed by atoms with Crippen LogP contribution in [0.1, 0.15) is 6.92 Å². The van der Waals surface area contributed by atoms with Crippen LogP contribution in [0.15, 0.2) is 23.2 Å². The van der Waals surface area contributed by atoms with E-state index in [0.717, 1.165) is 17.1 Å². The topological polar surface area (TPSA) is 94.8 Å². The molecule has 118 valence electrons. The van der Waals surface area contributed by atoms with Crippen LogP contribution in [-0.4, -0.2) is 36.9 Å². The number of hydrogen-bond acceptors (Lipinski definition) is 6. The zero-order chi connectivity index (χ0) is 16.5. The molecule has 2 aromatic rings. The van der Waals surface area contributed by atoms with Crippen LogP contribution < -0.4 is 9.54 Å². The van der Waals surface area contributed by atoms with Crippen molar-refractivity contribution in [3.05, 3.63) is 23.0 Å². The van der Waals surface area contributed by atoms with Gasteiger partial charge in [-0.3, -0.25) is 9.59 Å². The Morgan fingerprint density at radius 2 is 2.05 bits per heavy atom. The third-order valence-corrected chi connectivity index (χ3v) is 5.59. The van der Waals surface area contributed by atoms with Crippen molar-refractivity contribution in [2.45, 2.75) is 6.92 Å². The molecule has 1 aromatic carbocycles. The highest BCUT2D eigenvalue weighted by Crippen LogP contribution is 2.22. The number of aromatic nitrogens is 1. The average molecular weight is 342 g/mol. The fourth-order valence-electron chi connectivity index (χ4n) is 1.75. The minimum atomic E-state index is -4.08. The third-order valence-electron chi connectivity index (χ3n) is 2.99. The molecular weight excluding hydrogens is 328 g/mol. The van der Waals surface area contributed by atoms with Crippen LogP contribution in [0, 0.1) is 0 Å². The van der Waals surface area contributed by atoms with E-state index in [-0.39, 0.29) is 0 Å². The number of sulfone groups is 1. The zero-order valence-electron chi connectivity index (χ0n) is 12.2. The summed E-state index contributed by atoms with van der Waals surface area (Å²) in [6, 6.07) is 5.40. The summed E-state index contributed by atoms with van der Waals surface area (Å²) in [6.45, 7) is 0.911. The highest BCUT2D eigenvalue weighted by atomic mass is 32.2. The zero-order valence-corrected chi connectivity index (χ0v) is 13.8. The number of fused-ring (bicyclic) bond motifs is 1. The van der Waals surface area contributed by atoms with Crippen LogP contribution in [0.2, 0.25) is 0 Å². The number of hydrogen-bond donors (Lipinski definition) is 0. The Kier molecular flexibility index (Phi) is 4.47. The minimum Gasteiger partial charge on any atom is -0.497 e. The van der Waals surface area contributed by atoms with E-state index >= 15 is 0 Å². The van der Waals surface area contributed by atoms with E-state index in [2.05, 4.69) is 4.99 Å². The average Bonchev–Trinajstić information content (AvgIpc) is 2.73. The molecule has 7 nitrogen and oxygen atoms in total. The van der Waals surface area contributed by atoms with E-state index in [1.165, 1.54) is 11.3 Å². The van der Waals surface area contributed by atoms with Gasteiger partial charge in [-0.15, -0.1) is 0 Å². The number of amides is 1. The summed E-state index contributed by atoms with van der Waals surface area (Å²) in [4.78, 5) is 26.8. The fraction of sp³-hybridized carbons (Fsp3) is 0.308. The van der Waals surface area contributed by atoms with Gasteiger partial charge in [0.1, 0.15) is 11.5 Å². The van der Waals surface area contributed by atoms with Gasteiger partial charge in [0.2, 0.25) is 15.0 Å². The first kappa shape index (κ1) is 16.4. The van der Waals surface area contributed by atoms with Gasteiger partial charge in [0.05, 0.1) is 17.3 Å². The van der Waals surface area contributed by atoms with Gasteiger partial charge >= 0.3 is 0 Å². The van der Waals surface area contributed by atoms with E-state index in [0.29, 0.717) is 10.6 Å². The Bertz CT molecular complexity index is 922. The van der Waals surface area contributed by atoms with Crippen molar-refractivity contribution in [2.75, 3.05) is 12.9 Å². The number of thiazole rings is 1. The van der Waals surface area contributed by atoms with Crippen LogP contribution in [0.25, 0.3) is 10.2 Å². The van der Waals surface area contributed by atoms with Crippen LogP contribution in [0.4, 0.5) is 0 Å². The van der Waals surface area contributed by atoms with E-state index in [4.69, 9.17) is 4.74 Å². The van der Waals surface area contributed by atoms with Gasteiger partial charge < -0.3 is 9.30 Å². The minimum absolute atomic E-state index is 0.354. The molecule has 0 saturated heterocycles. The maximum Gasteiger partial charge on any atom is 0.264 e. The van der Waals surface area contributed by atoms with E-state index < -0.39 is 26.6 Å². The smallest absolute Gasteiger partial charge is 0.264 e. The number of aryl methyl sites for hydroxylation is 1. The summed E-state index contributed by atoms with van der Waals surface area (Å²) >= 11 is 1.23. The lowest BCUT2D eigenvalue weighted by Gasteiger charge is -1.99. The van der Waals surface area contributed by atoms with E-state index in [1.807, 2.05) is 6.07 Å². The summed E-state index contributed by atoms with van der Waals surface area (Å²) in [5.74, 6) is -1.12. The van der Waals surface area contributed by atoms with Gasteiger partial charge in [-0.05, 0) is 18.2 Å². The van der Waals surface area contributed by atoms with Crippen molar-refractivity contribution in [1.29, 1.82) is 0 Å². The van der Waals surface area contributed by atoms with Crippen molar-refractivity contribution < 1.29 is 22.7 Å². The molecule has 22 heavy (non-hydrogen) atoms. The van der Waals surface area contributed by atoms with Gasteiger partial charge in [0.25, 0.3) is 5.91 Å². The first-order chi connectivity index (χ1) is 10.2. The number of ether oxygens (including phenoxy) is 1. The Morgan fingerprint density at radius 1 is 1.36 bits per heavy atom. The van der Waals surface area contributed by atoms with Crippen molar-refractivity contribution in [2.24, 2.45) is 12.0 Å². The van der Waals surface area contributed by atoms with Crippen molar-refractivity contribution in [3.63, 3.8) is 0 Å². The Labute approximate surface area is 130 Å². The molecule has 0 bridgehead atoms. The molecule has 2 rings (SSSR count). The number of carbonyl (C=O) groups is 2. The lowest BCUT2D eigenvalue weighted by atomic mass is 10.3. The molecule has 0 aliphatic heterocycles. The number of nitrogens with zero attached hydrogens (tertiary/aromatic N) is 2. The maximum atomic E-state index is 11.8. The standard InChI is InChI=1S/C13H14N2O5S2/c1-8(16)22(18,19)7-12(17)14-13-15(2)10-5-4-9(20-3)6-11(10)21-13/h4-6H,7H2,1-3H3. The molecule has 0 radical (unpaired) electrons. The van der Waals surface area contributed by atoms with Crippen LogP contribution >= 0.6 is 11.3 Å². The molecule has 0 spiro atoms. The van der Waals surface area contributed by atoms with Crippen LogP contribution in [0.3, 0.4) is 0 Å². The second-order valence-corrected chi connectivity index (χ2v) is 7.64. The molecule has 0 N–H and O–H groups in total. The van der Waals surface area contributed by atoms with Gasteiger partial charge in [0.15, 0.2) is 4.80 Å². The fourth-order valence-corrected chi connectivity index (χ4v) is 3.41. The highest BCUT2D eigenvalue weighted by Gasteiger charge is 2.21. The van der Waals surface area contributed by atoms with Gasteiger partial charge in [-0.1, -0.05) is 11.3 Å². The monoisotopic (exact) mass is 342 g/mol. The molecule has 0 aliphatic rings. The molecule has 1 amide bonds. The summed E-state index contributed by atoms with van der Waals surface area (Å²) in [5, 5.41) is -1.04. The van der Waals surface area contributed by atoms with Gasteiger partial charge in [0, 0.05) is 14.0 Å². The lowest BCUT2D eigenvalue weighted by Crippen LogP contribution is -2.23. The second kappa shape index (κ2) is 6.01. The van der Waals surface area contributed by atoms with Crippen molar-refractivity contribution >= 4 is 42.4 Å². The number of carbonyl (C=O) groups excluding carboxylic acids is 2. The number of methoxy groups -OCH3 is 1. The summed E-state index contributed by atoms with van der Waals surface area (Å²) in [6.07, 6.45) is 0. The highest BCUT2D eigenvalue weighted by molar-refractivity contribution is 8.06. The molecule has 9 heteroatoms. The lowest BCUT2D eigenvalue weighted by molar-refractivity contribution is -0.116. The molecular formula is C13H14N2O5S2. The predicted molar refractivity (Wildman–Crippen MR) is 82.4 cm³/mol. The molecule has 0 saturated carbocycles. The van der Waals surface area contributed by atoms with E-state index in [1.54, 1.807) is 30.9 Å². The van der Waals surface area contributed by atoms with Crippen molar-refractivity contribution in [3.8, 4) is 5.75 Å². The molecule has 1 aromatic heterocycles. The van der Waals surface area contributed by atoms with Crippen LogP contribution in [0.5, 0.6) is 5.75 Å². The number of benzene rings is 1. The SMILES string of the molecule is COc1ccc2c(c1)sc(=NC(=O)CS(=O)(=O)C(C)=O)n2C. The molecule has 0 fully saturated rings. The Morgan fingerprint density at radius 3 is 2.64 bits per heavy atom. The third kappa shape index (κ3) is 3.25. The second-order valence-electron chi connectivity index (χ2n) is 4.53. The van der Waals surface area contributed by atoms with E-state index in [9.17, 15) is 18.0 Å². The summed E-state index contributed by atoms with van der Waals surface area (Å²) < 4.78 is 30.5. The molecule has 0 aliphatic carbocycles. The normalized spacial score (nSPS) is 12.6. The first-order valence-corrected chi connectivity index (χ1v) is 8.66. The maximum absolute atomic E-state index is 11.8. The van der Waals surface area contributed by atoms with Gasteiger partial charge in [-0.2, -0.15) is 4.99 Å². The summed E-state index contributed by atoms with van der Waals surface area (Å²) in [5.41, 5.74) is 0.840. The largest absolute Gasteiger partial charge is 0.497 e. The molecule has 0 atom stereocenters. The predicted octanol–water partition coefficient (Wildman–Crippen LogP) is 0.637. The summed E-state index contributed by atoms with van der Waals surface area (Å²) in [7, 11) is -0.807. The van der Waals surface area contributed by atoms with Crippen molar-refractivity contribution in [1.82, 2.24) is 4.57 Å². The van der Waals surface area contributed by atoms with Crippen LogP contribution in [-0.2, 0) is 26.5 Å². The first-order valence-electron chi connectivity index (χ1n) is 6.19. The Hall–Kier alpha value is -2.00. The van der Waals surface area contributed by atoms with Gasteiger partial charge in [-0.25, -0.2) is 8.42 Å².